The molecule has 2 heteroatoms. The van der Waals surface area contributed by atoms with Crippen LogP contribution in [0.15, 0.2) is 30.9 Å². The molecule has 2 unspecified atom stereocenters. The molecule has 0 saturated carbocycles. The molecular formula is C14H17NO. The first kappa shape index (κ1) is 10.9. The van der Waals surface area contributed by atoms with Gasteiger partial charge in [-0.2, -0.15) is 0 Å². The second kappa shape index (κ2) is 3.78. The Kier molecular flexibility index (Phi) is 2.58. The molecule has 2 atom stereocenters. The van der Waals surface area contributed by atoms with Gasteiger partial charge in [0, 0.05) is 18.5 Å². The summed E-state index contributed by atoms with van der Waals surface area (Å²) < 4.78 is 0. The quantitative estimate of drug-likeness (QED) is 0.659. The van der Waals surface area contributed by atoms with E-state index in [-0.39, 0.29) is 11.9 Å². The zero-order valence-electron chi connectivity index (χ0n) is 10.0. The molecule has 0 aromatic heterocycles. The first-order valence-electron chi connectivity index (χ1n) is 5.59. The Hall–Kier alpha value is -1.57. The van der Waals surface area contributed by atoms with Crippen molar-refractivity contribution in [1.82, 2.24) is 0 Å². The molecule has 0 N–H and O–H groups in total. The summed E-state index contributed by atoms with van der Waals surface area (Å²) in [6, 6.07) is 6.34. The number of nitrogens with zero attached hydrogens (tertiary/aromatic N) is 1. The number of anilines is 1. The van der Waals surface area contributed by atoms with Crippen molar-refractivity contribution < 1.29 is 4.79 Å². The van der Waals surface area contributed by atoms with Gasteiger partial charge in [0.1, 0.15) is 0 Å². The first-order chi connectivity index (χ1) is 7.56. The Morgan fingerprint density at radius 3 is 2.75 bits per heavy atom. The topological polar surface area (TPSA) is 20.3 Å². The van der Waals surface area contributed by atoms with Crippen LogP contribution in [0.3, 0.4) is 0 Å². The fraction of sp³-hybridized carbons (Fsp3) is 0.357. The number of amides is 1. The lowest BCUT2D eigenvalue weighted by atomic mass is 9.96. The molecule has 1 amide bonds. The molecule has 0 spiro atoms. The molecule has 16 heavy (non-hydrogen) atoms. The molecule has 0 fully saturated rings. The largest absolute Gasteiger partial charge is 0.305 e. The third-order valence-electron chi connectivity index (χ3n) is 3.32. The summed E-state index contributed by atoms with van der Waals surface area (Å²) in [4.78, 5) is 13.5. The molecule has 0 bridgehead atoms. The van der Waals surface area contributed by atoms with Crippen LogP contribution in [0.25, 0.3) is 0 Å². The van der Waals surface area contributed by atoms with Crippen LogP contribution in [-0.4, -0.2) is 11.9 Å². The Balaban J connectivity index is 2.57. The van der Waals surface area contributed by atoms with E-state index in [1.807, 2.05) is 23.1 Å². The van der Waals surface area contributed by atoms with Gasteiger partial charge in [0.2, 0.25) is 5.91 Å². The molecule has 1 aliphatic heterocycles. The van der Waals surface area contributed by atoms with Crippen molar-refractivity contribution in [3.63, 3.8) is 0 Å². The molecule has 2 rings (SSSR count). The minimum atomic E-state index is 0.0827. The van der Waals surface area contributed by atoms with Crippen molar-refractivity contribution in [3.05, 3.63) is 42.0 Å². The van der Waals surface area contributed by atoms with Crippen LogP contribution < -0.4 is 4.90 Å². The molecule has 0 saturated heterocycles. The molecule has 84 valence electrons. The van der Waals surface area contributed by atoms with Crippen LogP contribution in [0, 0.1) is 6.92 Å². The molecule has 0 aliphatic carbocycles. The van der Waals surface area contributed by atoms with Crippen LogP contribution >= 0.6 is 0 Å². The molecule has 2 nitrogen and oxygen atoms in total. The highest BCUT2D eigenvalue weighted by Gasteiger charge is 2.35. The number of hydrogen-bond donors (Lipinski definition) is 0. The fourth-order valence-electron chi connectivity index (χ4n) is 2.52. The van der Waals surface area contributed by atoms with Crippen LogP contribution in [0.2, 0.25) is 0 Å². The highest BCUT2D eigenvalue weighted by atomic mass is 16.2. The van der Waals surface area contributed by atoms with Gasteiger partial charge in [-0.3, -0.25) is 4.79 Å². The molecular weight excluding hydrogens is 198 g/mol. The van der Waals surface area contributed by atoms with Crippen molar-refractivity contribution in [2.75, 3.05) is 4.90 Å². The van der Waals surface area contributed by atoms with Gasteiger partial charge in [0.05, 0.1) is 6.04 Å². The van der Waals surface area contributed by atoms with Crippen molar-refractivity contribution in [1.29, 1.82) is 0 Å². The number of fused-ring (bicyclic) bond motifs is 1. The first-order valence-corrected chi connectivity index (χ1v) is 5.59. The van der Waals surface area contributed by atoms with E-state index in [1.54, 1.807) is 6.92 Å². The predicted molar refractivity (Wildman–Crippen MR) is 66.7 cm³/mol. The summed E-state index contributed by atoms with van der Waals surface area (Å²) in [6.07, 6.45) is 1.86. The second-order valence-corrected chi connectivity index (χ2v) is 4.47. The van der Waals surface area contributed by atoms with E-state index in [4.69, 9.17) is 0 Å². The lowest BCUT2D eigenvalue weighted by molar-refractivity contribution is -0.116. The minimum Gasteiger partial charge on any atom is -0.305 e. The van der Waals surface area contributed by atoms with Crippen LogP contribution in [0.1, 0.15) is 30.9 Å². The summed E-state index contributed by atoms with van der Waals surface area (Å²) in [5.41, 5.74) is 3.52. The number of aryl methyl sites for hydroxylation is 1. The minimum absolute atomic E-state index is 0.0827. The van der Waals surface area contributed by atoms with E-state index in [9.17, 15) is 4.79 Å². The lowest BCUT2D eigenvalue weighted by Crippen LogP contribution is -2.35. The smallest absolute Gasteiger partial charge is 0.224 e. The van der Waals surface area contributed by atoms with E-state index < -0.39 is 0 Å². The van der Waals surface area contributed by atoms with Gasteiger partial charge in [-0.05, 0) is 18.6 Å². The van der Waals surface area contributed by atoms with Crippen molar-refractivity contribution in [2.24, 2.45) is 0 Å². The third kappa shape index (κ3) is 1.45. The summed E-state index contributed by atoms with van der Waals surface area (Å²) >= 11 is 0. The monoisotopic (exact) mass is 215 g/mol. The highest BCUT2D eigenvalue weighted by molar-refractivity contribution is 5.95. The van der Waals surface area contributed by atoms with Crippen molar-refractivity contribution in [2.45, 2.75) is 32.7 Å². The Bertz CT molecular complexity index is 450. The van der Waals surface area contributed by atoms with Gasteiger partial charge in [-0.15, -0.1) is 6.58 Å². The summed E-state index contributed by atoms with van der Waals surface area (Å²) in [5.74, 6) is 0.413. The van der Waals surface area contributed by atoms with Crippen molar-refractivity contribution >= 4 is 11.6 Å². The molecule has 1 aromatic rings. The highest BCUT2D eigenvalue weighted by Crippen LogP contribution is 2.41. The predicted octanol–water partition coefficient (Wildman–Crippen LogP) is 3.02. The van der Waals surface area contributed by atoms with E-state index in [0.29, 0.717) is 5.92 Å². The maximum Gasteiger partial charge on any atom is 0.224 e. The van der Waals surface area contributed by atoms with Gasteiger partial charge >= 0.3 is 0 Å². The average Bonchev–Trinajstić information content (AvgIpc) is 2.51. The maximum atomic E-state index is 11.7. The second-order valence-electron chi connectivity index (χ2n) is 4.47. The molecule has 0 radical (unpaired) electrons. The number of hydrogen-bond acceptors (Lipinski definition) is 1. The summed E-state index contributed by atoms with van der Waals surface area (Å²) in [7, 11) is 0. The van der Waals surface area contributed by atoms with Crippen molar-refractivity contribution in [3.8, 4) is 0 Å². The van der Waals surface area contributed by atoms with Gasteiger partial charge in [-0.25, -0.2) is 0 Å². The van der Waals surface area contributed by atoms with Gasteiger partial charge in [0.15, 0.2) is 0 Å². The van der Waals surface area contributed by atoms with Crippen LogP contribution in [-0.2, 0) is 4.79 Å². The fourth-order valence-corrected chi connectivity index (χ4v) is 2.52. The van der Waals surface area contributed by atoms with E-state index >= 15 is 0 Å². The average molecular weight is 215 g/mol. The van der Waals surface area contributed by atoms with E-state index in [1.165, 1.54) is 11.1 Å². The van der Waals surface area contributed by atoms with E-state index in [0.717, 1.165) is 5.69 Å². The molecule has 1 aliphatic rings. The number of carbonyl (C=O) groups is 1. The maximum absolute atomic E-state index is 11.7. The zero-order chi connectivity index (χ0) is 11.9. The Morgan fingerprint density at radius 1 is 1.50 bits per heavy atom. The standard InChI is InChI=1S/C14H17NO/c1-5-13-10(3)12-8-9(2)6-7-14(12)15(13)11(4)16/h5-8,10,13H,1H2,2-4H3. The lowest BCUT2D eigenvalue weighted by Gasteiger charge is -2.23. The summed E-state index contributed by atoms with van der Waals surface area (Å²) in [6.45, 7) is 9.67. The number of rotatable bonds is 1. The zero-order valence-corrected chi connectivity index (χ0v) is 10.0. The molecule has 1 aromatic carbocycles. The van der Waals surface area contributed by atoms with E-state index in [2.05, 4.69) is 26.5 Å². The Labute approximate surface area is 96.6 Å². The normalized spacial score (nSPS) is 23.1. The van der Waals surface area contributed by atoms with Gasteiger partial charge in [-0.1, -0.05) is 30.7 Å². The SMILES string of the molecule is C=CC1C(C)c2cc(C)ccc2N1C(C)=O. The van der Waals surface area contributed by atoms with Gasteiger partial charge in [0.25, 0.3) is 0 Å². The molecule has 1 heterocycles. The summed E-state index contributed by atoms with van der Waals surface area (Å²) in [5, 5.41) is 0. The number of carbonyl (C=O) groups excluding carboxylic acids is 1. The Morgan fingerprint density at radius 2 is 2.19 bits per heavy atom. The third-order valence-corrected chi connectivity index (χ3v) is 3.32. The van der Waals surface area contributed by atoms with Gasteiger partial charge < -0.3 is 4.90 Å². The van der Waals surface area contributed by atoms with Crippen LogP contribution in [0.4, 0.5) is 5.69 Å². The number of benzene rings is 1. The van der Waals surface area contributed by atoms with Crippen LogP contribution in [0.5, 0.6) is 0 Å².